The van der Waals surface area contributed by atoms with Crippen molar-refractivity contribution in [2.45, 2.75) is 24.9 Å². The molecule has 0 saturated carbocycles. The molecule has 1 aliphatic heterocycles. The van der Waals surface area contributed by atoms with Crippen LogP contribution in [0, 0.1) is 0 Å². The molecule has 7 heteroatoms. The van der Waals surface area contributed by atoms with Crippen molar-refractivity contribution in [2.24, 2.45) is 0 Å². The number of halogens is 3. The number of anilines is 1. The molecular weight excluding hydrogens is 281 g/mol. The van der Waals surface area contributed by atoms with Crippen LogP contribution in [0.25, 0.3) is 0 Å². The molecule has 0 aromatic carbocycles. The fraction of sp³-hybridized carbons (Fsp3) is 0.429. The topological polar surface area (TPSA) is 44.8 Å². The molecule has 1 saturated heterocycles. The standard InChI is InChI=1S/C14H15F3N4/c15-14(16,17)11-3-4-12(20-8-11)21-7-1-2-10(9-21)13-18-5-6-19-13/h3-6,8,10H,1-2,7,9H2,(H,18,19). The van der Waals surface area contributed by atoms with Crippen molar-refractivity contribution in [3.63, 3.8) is 0 Å². The Morgan fingerprint density at radius 1 is 1.24 bits per heavy atom. The van der Waals surface area contributed by atoms with Crippen LogP contribution in [-0.4, -0.2) is 28.0 Å². The molecule has 4 nitrogen and oxygen atoms in total. The summed E-state index contributed by atoms with van der Waals surface area (Å²) in [5, 5.41) is 0. The van der Waals surface area contributed by atoms with Gasteiger partial charge in [0, 0.05) is 37.6 Å². The Labute approximate surface area is 120 Å². The highest BCUT2D eigenvalue weighted by Crippen LogP contribution is 2.31. The van der Waals surface area contributed by atoms with E-state index < -0.39 is 11.7 Å². The van der Waals surface area contributed by atoms with Gasteiger partial charge in [-0.1, -0.05) is 0 Å². The Balaban J connectivity index is 1.74. The van der Waals surface area contributed by atoms with Gasteiger partial charge in [0.2, 0.25) is 0 Å². The number of rotatable bonds is 2. The summed E-state index contributed by atoms with van der Waals surface area (Å²) in [6.07, 6.45) is 2.03. The smallest absolute Gasteiger partial charge is 0.356 e. The molecule has 1 fully saturated rings. The summed E-state index contributed by atoms with van der Waals surface area (Å²) in [7, 11) is 0. The second-order valence-electron chi connectivity index (χ2n) is 5.16. The molecule has 0 spiro atoms. The molecule has 1 atom stereocenters. The zero-order valence-electron chi connectivity index (χ0n) is 11.3. The number of H-pyrrole nitrogens is 1. The van der Waals surface area contributed by atoms with Crippen LogP contribution >= 0.6 is 0 Å². The van der Waals surface area contributed by atoms with Gasteiger partial charge in [-0.15, -0.1) is 0 Å². The molecule has 0 aliphatic carbocycles. The summed E-state index contributed by atoms with van der Waals surface area (Å²) >= 11 is 0. The number of nitrogens with one attached hydrogen (secondary N) is 1. The third-order valence-electron chi connectivity index (χ3n) is 3.73. The number of pyridine rings is 1. The first-order valence-corrected chi connectivity index (χ1v) is 6.81. The monoisotopic (exact) mass is 296 g/mol. The molecule has 3 heterocycles. The Morgan fingerprint density at radius 2 is 2.10 bits per heavy atom. The first kappa shape index (κ1) is 13.9. The lowest BCUT2D eigenvalue weighted by Crippen LogP contribution is -2.35. The quantitative estimate of drug-likeness (QED) is 0.925. The highest BCUT2D eigenvalue weighted by molar-refractivity contribution is 5.41. The molecule has 1 aliphatic rings. The van der Waals surface area contributed by atoms with Gasteiger partial charge in [-0.25, -0.2) is 9.97 Å². The summed E-state index contributed by atoms with van der Waals surface area (Å²) in [5.41, 5.74) is -0.717. The second kappa shape index (κ2) is 5.38. The summed E-state index contributed by atoms with van der Waals surface area (Å²) < 4.78 is 37.6. The lowest BCUT2D eigenvalue weighted by molar-refractivity contribution is -0.137. The van der Waals surface area contributed by atoms with E-state index in [9.17, 15) is 13.2 Å². The number of aromatic amines is 1. The molecule has 3 rings (SSSR count). The first-order valence-electron chi connectivity index (χ1n) is 6.81. The second-order valence-corrected chi connectivity index (χ2v) is 5.16. The van der Waals surface area contributed by atoms with E-state index in [4.69, 9.17) is 0 Å². The number of hydrogen-bond donors (Lipinski definition) is 1. The Morgan fingerprint density at radius 3 is 2.71 bits per heavy atom. The lowest BCUT2D eigenvalue weighted by atomic mass is 9.97. The number of aromatic nitrogens is 3. The van der Waals surface area contributed by atoms with E-state index in [0.29, 0.717) is 12.4 Å². The van der Waals surface area contributed by atoms with Crippen LogP contribution in [0.1, 0.15) is 30.1 Å². The number of hydrogen-bond acceptors (Lipinski definition) is 3. The van der Waals surface area contributed by atoms with Crippen molar-refractivity contribution in [3.05, 3.63) is 42.1 Å². The van der Waals surface area contributed by atoms with E-state index in [0.717, 1.165) is 37.5 Å². The van der Waals surface area contributed by atoms with Gasteiger partial charge in [-0.2, -0.15) is 13.2 Å². The third kappa shape index (κ3) is 3.01. The Bertz CT molecular complexity index is 577. The van der Waals surface area contributed by atoms with Crippen molar-refractivity contribution in [1.29, 1.82) is 0 Å². The summed E-state index contributed by atoms with van der Waals surface area (Å²) in [6, 6.07) is 2.52. The van der Waals surface area contributed by atoms with Crippen LogP contribution in [0.4, 0.5) is 19.0 Å². The summed E-state index contributed by atoms with van der Waals surface area (Å²) in [6.45, 7) is 1.52. The van der Waals surface area contributed by atoms with Crippen molar-refractivity contribution < 1.29 is 13.2 Å². The van der Waals surface area contributed by atoms with Gasteiger partial charge < -0.3 is 9.88 Å². The molecule has 112 valence electrons. The predicted octanol–water partition coefficient (Wildman–Crippen LogP) is 3.21. The summed E-state index contributed by atoms with van der Waals surface area (Å²) in [5.74, 6) is 1.77. The number of alkyl halides is 3. The maximum absolute atomic E-state index is 12.5. The summed E-state index contributed by atoms with van der Waals surface area (Å²) in [4.78, 5) is 13.3. The minimum atomic E-state index is -4.34. The lowest BCUT2D eigenvalue weighted by Gasteiger charge is -2.32. The average molecular weight is 296 g/mol. The van der Waals surface area contributed by atoms with Crippen molar-refractivity contribution in [3.8, 4) is 0 Å². The minimum absolute atomic E-state index is 0.262. The van der Waals surface area contributed by atoms with Crippen molar-refractivity contribution in [1.82, 2.24) is 15.0 Å². The molecular formula is C14H15F3N4. The molecule has 0 radical (unpaired) electrons. The van der Waals surface area contributed by atoms with Gasteiger partial charge >= 0.3 is 6.18 Å². The van der Waals surface area contributed by atoms with Crippen LogP contribution in [0.5, 0.6) is 0 Å². The van der Waals surface area contributed by atoms with Gasteiger partial charge in [0.25, 0.3) is 0 Å². The third-order valence-corrected chi connectivity index (χ3v) is 3.73. The van der Waals surface area contributed by atoms with Crippen LogP contribution < -0.4 is 4.90 Å². The fourth-order valence-electron chi connectivity index (χ4n) is 2.65. The van der Waals surface area contributed by atoms with Crippen LogP contribution in [-0.2, 0) is 6.18 Å². The molecule has 2 aromatic rings. The highest BCUT2D eigenvalue weighted by atomic mass is 19.4. The largest absolute Gasteiger partial charge is 0.417 e. The maximum Gasteiger partial charge on any atom is 0.417 e. The van der Waals surface area contributed by atoms with E-state index in [1.807, 2.05) is 4.90 Å². The molecule has 1 N–H and O–H groups in total. The van der Waals surface area contributed by atoms with Crippen LogP contribution in [0.3, 0.4) is 0 Å². The van der Waals surface area contributed by atoms with Crippen LogP contribution in [0.15, 0.2) is 30.7 Å². The van der Waals surface area contributed by atoms with E-state index in [-0.39, 0.29) is 5.92 Å². The van der Waals surface area contributed by atoms with Crippen molar-refractivity contribution >= 4 is 5.82 Å². The van der Waals surface area contributed by atoms with Gasteiger partial charge in [0.05, 0.1) is 5.56 Å². The maximum atomic E-state index is 12.5. The molecule has 21 heavy (non-hydrogen) atoms. The highest BCUT2D eigenvalue weighted by Gasteiger charge is 2.31. The van der Waals surface area contributed by atoms with Gasteiger partial charge in [0.1, 0.15) is 11.6 Å². The van der Waals surface area contributed by atoms with Gasteiger partial charge in [-0.3, -0.25) is 0 Å². The minimum Gasteiger partial charge on any atom is -0.356 e. The van der Waals surface area contributed by atoms with E-state index >= 15 is 0 Å². The predicted molar refractivity (Wildman–Crippen MR) is 72.0 cm³/mol. The Kier molecular flexibility index (Phi) is 3.57. The Hall–Kier alpha value is -2.05. The fourth-order valence-corrected chi connectivity index (χ4v) is 2.65. The number of imidazole rings is 1. The van der Waals surface area contributed by atoms with E-state index in [2.05, 4.69) is 15.0 Å². The first-order chi connectivity index (χ1) is 10.0. The van der Waals surface area contributed by atoms with E-state index in [1.165, 1.54) is 6.07 Å². The number of nitrogens with zero attached hydrogens (tertiary/aromatic N) is 3. The van der Waals surface area contributed by atoms with E-state index in [1.54, 1.807) is 12.4 Å². The van der Waals surface area contributed by atoms with Gasteiger partial charge in [0.15, 0.2) is 0 Å². The molecule has 2 aromatic heterocycles. The molecule has 0 bridgehead atoms. The number of piperidine rings is 1. The zero-order valence-corrected chi connectivity index (χ0v) is 11.3. The SMILES string of the molecule is FC(F)(F)c1ccc(N2CCCC(c3ncc[nH]3)C2)nc1. The molecule has 0 amide bonds. The van der Waals surface area contributed by atoms with Gasteiger partial charge in [-0.05, 0) is 25.0 Å². The average Bonchev–Trinajstić information content (AvgIpc) is 3.01. The van der Waals surface area contributed by atoms with Crippen LogP contribution in [0.2, 0.25) is 0 Å². The van der Waals surface area contributed by atoms with Crippen molar-refractivity contribution in [2.75, 3.05) is 18.0 Å². The zero-order chi connectivity index (χ0) is 14.9. The molecule has 1 unspecified atom stereocenters. The normalized spacial score (nSPS) is 19.8.